The van der Waals surface area contributed by atoms with E-state index in [0.29, 0.717) is 0 Å². The molecule has 0 amide bonds. The predicted molar refractivity (Wildman–Crippen MR) is 82.2 cm³/mol. The predicted octanol–water partition coefficient (Wildman–Crippen LogP) is 2.48. The van der Waals surface area contributed by atoms with Gasteiger partial charge in [-0.3, -0.25) is 0 Å². The van der Waals surface area contributed by atoms with Gasteiger partial charge in [0.05, 0.1) is 7.11 Å². The standard InChI is InChI=1S/C16H28N2O/c1-13-11-14(7-8-15(13)19-5)16(2,3)12-18-10-6-9-17-4/h7-8,11,17-18H,6,9-10,12H2,1-5H3. The molecule has 1 aromatic carbocycles. The lowest BCUT2D eigenvalue weighted by atomic mass is 9.83. The van der Waals surface area contributed by atoms with E-state index in [2.05, 4.69) is 49.6 Å². The van der Waals surface area contributed by atoms with Gasteiger partial charge in [-0.25, -0.2) is 0 Å². The van der Waals surface area contributed by atoms with Crippen LogP contribution >= 0.6 is 0 Å². The smallest absolute Gasteiger partial charge is 0.121 e. The summed E-state index contributed by atoms with van der Waals surface area (Å²) in [5.74, 6) is 0.960. The summed E-state index contributed by atoms with van der Waals surface area (Å²) in [7, 11) is 3.71. The highest BCUT2D eigenvalue weighted by molar-refractivity contribution is 5.39. The maximum absolute atomic E-state index is 5.32. The van der Waals surface area contributed by atoms with E-state index in [1.165, 1.54) is 11.1 Å². The summed E-state index contributed by atoms with van der Waals surface area (Å²) < 4.78 is 5.32. The highest BCUT2D eigenvalue weighted by Gasteiger charge is 2.20. The van der Waals surface area contributed by atoms with Crippen molar-refractivity contribution in [2.45, 2.75) is 32.6 Å². The maximum atomic E-state index is 5.32. The third-order valence-corrected chi connectivity index (χ3v) is 3.52. The van der Waals surface area contributed by atoms with Crippen LogP contribution in [0.4, 0.5) is 0 Å². The summed E-state index contributed by atoms with van der Waals surface area (Å²) >= 11 is 0. The van der Waals surface area contributed by atoms with Crippen LogP contribution in [0, 0.1) is 6.92 Å². The maximum Gasteiger partial charge on any atom is 0.121 e. The number of hydrogen-bond acceptors (Lipinski definition) is 3. The number of ether oxygens (including phenoxy) is 1. The van der Waals surface area contributed by atoms with Crippen molar-refractivity contribution in [3.05, 3.63) is 29.3 Å². The molecule has 0 aliphatic carbocycles. The fourth-order valence-corrected chi connectivity index (χ4v) is 2.19. The van der Waals surface area contributed by atoms with Gasteiger partial charge in [0.15, 0.2) is 0 Å². The number of hydrogen-bond donors (Lipinski definition) is 2. The molecule has 1 rings (SSSR count). The minimum absolute atomic E-state index is 0.136. The minimum atomic E-state index is 0.136. The Bertz CT molecular complexity index is 388. The lowest BCUT2D eigenvalue weighted by Gasteiger charge is -2.26. The van der Waals surface area contributed by atoms with Crippen molar-refractivity contribution in [1.29, 1.82) is 0 Å². The zero-order valence-corrected chi connectivity index (χ0v) is 13.0. The number of rotatable bonds is 8. The van der Waals surface area contributed by atoms with Crippen LogP contribution in [0.15, 0.2) is 18.2 Å². The van der Waals surface area contributed by atoms with Crippen molar-refractivity contribution in [2.24, 2.45) is 0 Å². The highest BCUT2D eigenvalue weighted by Crippen LogP contribution is 2.27. The Hall–Kier alpha value is -1.06. The van der Waals surface area contributed by atoms with E-state index in [0.717, 1.165) is 31.8 Å². The van der Waals surface area contributed by atoms with Gasteiger partial charge in [-0.05, 0) is 50.7 Å². The Morgan fingerprint density at radius 1 is 1.21 bits per heavy atom. The molecule has 1 aromatic rings. The van der Waals surface area contributed by atoms with Crippen LogP contribution in [0.25, 0.3) is 0 Å². The van der Waals surface area contributed by atoms with Gasteiger partial charge in [0.25, 0.3) is 0 Å². The van der Waals surface area contributed by atoms with Crippen LogP contribution < -0.4 is 15.4 Å². The summed E-state index contributed by atoms with van der Waals surface area (Å²) in [5.41, 5.74) is 2.69. The zero-order valence-electron chi connectivity index (χ0n) is 13.0. The van der Waals surface area contributed by atoms with E-state index in [9.17, 15) is 0 Å². The molecular formula is C16H28N2O. The Morgan fingerprint density at radius 3 is 2.53 bits per heavy atom. The van der Waals surface area contributed by atoms with E-state index in [4.69, 9.17) is 4.74 Å². The molecule has 19 heavy (non-hydrogen) atoms. The second-order valence-electron chi connectivity index (χ2n) is 5.70. The molecule has 0 unspecified atom stereocenters. The summed E-state index contributed by atoms with van der Waals surface area (Å²) in [4.78, 5) is 0. The van der Waals surface area contributed by atoms with Crippen LogP contribution in [-0.2, 0) is 5.41 Å². The first-order valence-corrected chi connectivity index (χ1v) is 7.01. The quantitative estimate of drug-likeness (QED) is 0.708. The Kier molecular flexibility index (Phi) is 6.32. The third-order valence-electron chi connectivity index (χ3n) is 3.52. The van der Waals surface area contributed by atoms with E-state index < -0.39 is 0 Å². The van der Waals surface area contributed by atoms with Crippen molar-refractivity contribution in [1.82, 2.24) is 10.6 Å². The van der Waals surface area contributed by atoms with Gasteiger partial charge < -0.3 is 15.4 Å². The monoisotopic (exact) mass is 264 g/mol. The molecular weight excluding hydrogens is 236 g/mol. The van der Waals surface area contributed by atoms with Gasteiger partial charge in [-0.2, -0.15) is 0 Å². The van der Waals surface area contributed by atoms with Gasteiger partial charge in [0.2, 0.25) is 0 Å². The number of nitrogens with one attached hydrogen (secondary N) is 2. The van der Waals surface area contributed by atoms with Crippen molar-refractivity contribution >= 4 is 0 Å². The van der Waals surface area contributed by atoms with Crippen molar-refractivity contribution in [2.75, 3.05) is 33.8 Å². The SMILES string of the molecule is CNCCCNCC(C)(C)c1ccc(OC)c(C)c1. The lowest BCUT2D eigenvalue weighted by molar-refractivity contribution is 0.410. The van der Waals surface area contributed by atoms with Gasteiger partial charge in [0, 0.05) is 12.0 Å². The fraction of sp³-hybridized carbons (Fsp3) is 0.625. The molecule has 0 heterocycles. The topological polar surface area (TPSA) is 33.3 Å². The molecule has 3 heteroatoms. The van der Waals surface area contributed by atoms with E-state index in [1.54, 1.807) is 7.11 Å². The molecule has 0 saturated carbocycles. The first-order valence-electron chi connectivity index (χ1n) is 7.01. The van der Waals surface area contributed by atoms with Crippen molar-refractivity contribution < 1.29 is 4.74 Å². The van der Waals surface area contributed by atoms with E-state index in [-0.39, 0.29) is 5.41 Å². The van der Waals surface area contributed by atoms with E-state index >= 15 is 0 Å². The first kappa shape index (κ1) is 16.0. The molecule has 3 nitrogen and oxygen atoms in total. The Labute approximate surface area is 117 Å². The second-order valence-corrected chi connectivity index (χ2v) is 5.70. The number of methoxy groups -OCH3 is 1. The average molecular weight is 264 g/mol. The molecule has 0 fully saturated rings. The average Bonchev–Trinajstić information content (AvgIpc) is 2.38. The summed E-state index contributed by atoms with van der Waals surface area (Å²) in [6.07, 6.45) is 1.16. The van der Waals surface area contributed by atoms with Gasteiger partial charge >= 0.3 is 0 Å². The summed E-state index contributed by atoms with van der Waals surface area (Å²) in [5, 5.41) is 6.70. The molecule has 0 aliphatic rings. The normalized spacial score (nSPS) is 11.6. The highest BCUT2D eigenvalue weighted by atomic mass is 16.5. The molecule has 0 atom stereocenters. The molecule has 2 N–H and O–H groups in total. The van der Waals surface area contributed by atoms with Gasteiger partial charge in [-0.1, -0.05) is 26.0 Å². The largest absolute Gasteiger partial charge is 0.496 e. The molecule has 108 valence electrons. The summed E-state index contributed by atoms with van der Waals surface area (Å²) in [6.45, 7) is 9.76. The lowest BCUT2D eigenvalue weighted by Crippen LogP contribution is -2.34. The zero-order chi connectivity index (χ0) is 14.3. The molecule has 0 aliphatic heterocycles. The molecule has 0 saturated heterocycles. The van der Waals surface area contributed by atoms with Crippen LogP contribution in [0.2, 0.25) is 0 Å². The number of benzene rings is 1. The van der Waals surface area contributed by atoms with Crippen LogP contribution in [-0.4, -0.2) is 33.8 Å². The second kappa shape index (κ2) is 7.51. The van der Waals surface area contributed by atoms with Crippen LogP contribution in [0.1, 0.15) is 31.4 Å². The minimum Gasteiger partial charge on any atom is -0.496 e. The van der Waals surface area contributed by atoms with Crippen LogP contribution in [0.3, 0.4) is 0 Å². The van der Waals surface area contributed by atoms with Gasteiger partial charge in [0.1, 0.15) is 5.75 Å². The first-order chi connectivity index (χ1) is 9.01. The third kappa shape index (κ3) is 4.84. The Balaban J connectivity index is 2.58. The van der Waals surface area contributed by atoms with Crippen LogP contribution in [0.5, 0.6) is 5.75 Å². The molecule has 0 radical (unpaired) electrons. The molecule has 0 bridgehead atoms. The number of aryl methyl sites for hydroxylation is 1. The van der Waals surface area contributed by atoms with Gasteiger partial charge in [-0.15, -0.1) is 0 Å². The Morgan fingerprint density at radius 2 is 1.95 bits per heavy atom. The molecule has 0 spiro atoms. The molecule has 0 aromatic heterocycles. The van der Waals surface area contributed by atoms with Crippen molar-refractivity contribution in [3.8, 4) is 5.75 Å². The van der Waals surface area contributed by atoms with Crippen molar-refractivity contribution in [3.63, 3.8) is 0 Å². The fourth-order valence-electron chi connectivity index (χ4n) is 2.19. The van der Waals surface area contributed by atoms with E-state index in [1.807, 2.05) is 7.05 Å². The summed E-state index contributed by atoms with van der Waals surface area (Å²) in [6, 6.07) is 6.46.